The number of nitrogens with zero attached hydrogens (tertiary/aromatic N) is 3. The Morgan fingerprint density at radius 2 is 2.04 bits per heavy atom. The second kappa shape index (κ2) is 7.03. The molecule has 0 unspecified atom stereocenters. The number of hydrogen-bond acceptors (Lipinski definition) is 7. The van der Waals surface area contributed by atoms with E-state index in [1.807, 2.05) is 6.07 Å². The van der Waals surface area contributed by atoms with E-state index in [2.05, 4.69) is 17.9 Å². The van der Waals surface area contributed by atoms with Gasteiger partial charge >= 0.3 is 0 Å². The molecular formula is C18H21N3O4S. The Balaban J connectivity index is 1.48. The first kappa shape index (κ1) is 17.0. The van der Waals surface area contributed by atoms with Crippen LogP contribution in [0, 0.1) is 6.92 Å². The van der Waals surface area contributed by atoms with Crippen molar-refractivity contribution in [2.45, 2.75) is 6.92 Å². The Bertz CT molecular complexity index is 855. The summed E-state index contributed by atoms with van der Waals surface area (Å²) in [5.41, 5.74) is 2.10. The molecule has 0 saturated carbocycles. The zero-order valence-corrected chi connectivity index (χ0v) is 15.7. The molecule has 1 fully saturated rings. The molecule has 0 aliphatic carbocycles. The number of anilines is 1. The highest BCUT2D eigenvalue weighted by molar-refractivity contribution is 7.22. The first-order valence-electron chi connectivity index (χ1n) is 8.60. The standard InChI is InChI=1S/C18H21N3O4S/c1-12-3-4-13(23-2)15-16(12)26-18(19-15)21-7-5-20(6-8-21)17(22)14-11-24-9-10-25-14/h3-4,11H,5-10H2,1-2H3. The van der Waals surface area contributed by atoms with Gasteiger partial charge < -0.3 is 24.0 Å². The van der Waals surface area contributed by atoms with Gasteiger partial charge in [0.05, 0.1) is 11.8 Å². The molecule has 7 nitrogen and oxygen atoms in total. The van der Waals surface area contributed by atoms with Crippen molar-refractivity contribution in [2.24, 2.45) is 0 Å². The van der Waals surface area contributed by atoms with E-state index >= 15 is 0 Å². The van der Waals surface area contributed by atoms with Crippen molar-refractivity contribution in [1.82, 2.24) is 9.88 Å². The quantitative estimate of drug-likeness (QED) is 0.819. The van der Waals surface area contributed by atoms with Crippen molar-refractivity contribution in [3.8, 4) is 5.75 Å². The average Bonchev–Trinajstić information content (AvgIpc) is 3.15. The Labute approximate surface area is 155 Å². The van der Waals surface area contributed by atoms with E-state index < -0.39 is 0 Å². The van der Waals surface area contributed by atoms with Crippen LogP contribution in [0.25, 0.3) is 10.2 Å². The van der Waals surface area contributed by atoms with Gasteiger partial charge in [-0.05, 0) is 18.6 Å². The second-order valence-electron chi connectivity index (χ2n) is 6.24. The minimum absolute atomic E-state index is 0.105. The van der Waals surface area contributed by atoms with Gasteiger partial charge in [-0.2, -0.15) is 0 Å². The van der Waals surface area contributed by atoms with Crippen molar-refractivity contribution in [3.05, 3.63) is 29.7 Å². The summed E-state index contributed by atoms with van der Waals surface area (Å²) in [6.45, 7) is 5.73. The van der Waals surface area contributed by atoms with Crippen LogP contribution in [-0.2, 0) is 14.3 Å². The predicted octanol–water partition coefficient (Wildman–Crippen LogP) is 2.15. The van der Waals surface area contributed by atoms with E-state index in [1.165, 1.54) is 11.8 Å². The molecule has 26 heavy (non-hydrogen) atoms. The Kier molecular flexibility index (Phi) is 4.58. The molecule has 0 N–H and O–H groups in total. The van der Waals surface area contributed by atoms with Gasteiger partial charge in [0.2, 0.25) is 5.76 Å². The van der Waals surface area contributed by atoms with Crippen molar-refractivity contribution in [1.29, 1.82) is 0 Å². The number of methoxy groups -OCH3 is 1. The monoisotopic (exact) mass is 375 g/mol. The van der Waals surface area contributed by atoms with Crippen LogP contribution in [0.2, 0.25) is 0 Å². The van der Waals surface area contributed by atoms with Gasteiger partial charge in [0.1, 0.15) is 30.7 Å². The van der Waals surface area contributed by atoms with Crippen LogP contribution < -0.4 is 9.64 Å². The molecule has 2 aromatic rings. The van der Waals surface area contributed by atoms with Crippen molar-refractivity contribution < 1.29 is 19.0 Å². The number of ether oxygens (including phenoxy) is 3. The Hall–Kier alpha value is -2.48. The molecule has 0 radical (unpaired) electrons. The lowest BCUT2D eigenvalue weighted by molar-refractivity contribution is -0.132. The van der Waals surface area contributed by atoms with E-state index in [-0.39, 0.29) is 5.91 Å². The third kappa shape index (κ3) is 3.05. The summed E-state index contributed by atoms with van der Waals surface area (Å²) < 4.78 is 17.2. The first-order chi connectivity index (χ1) is 12.7. The zero-order chi connectivity index (χ0) is 18.1. The fourth-order valence-corrected chi connectivity index (χ4v) is 4.24. The van der Waals surface area contributed by atoms with Crippen LogP contribution >= 0.6 is 11.3 Å². The highest BCUT2D eigenvalue weighted by atomic mass is 32.1. The van der Waals surface area contributed by atoms with Crippen molar-refractivity contribution >= 4 is 32.6 Å². The number of carbonyl (C=O) groups excluding carboxylic acids is 1. The molecular weight excluding hydrogens is 354 g/mol. The number of thiazole rings is 1. The van der Waals surface area contributed by atoms with Crippen molar-refractivity contribution in [3.63, 3.8) is 0 Å². The summed E-state index contributed by atoms with van der Waals surface area (Å²) in [6, 6.07) is 4.01. The summed E-state index contributed by atoms with van der Waals surface area (Å²) in [5, 5.41) is 0.969. The number of aryl methyl sites for hydroxylation is 1. The molecule has 1 saturated heterocycles. The van der Waals surface area contributed by atoms with Gasteiger partial charge in [-0.1, -0.05) is 17.4 Å². The zero-order valence-electron chi connectivity index (χ0n) is 14.9. The van der Waals surface area contributed by atoms with Crippen LogP contribution in [0.3, 0.4) is 0 Å². The fourth-order valence-electron chi connectivity index (χ4n) is 3.14. The second-order valence-corrected chi connectivity index (χ2v) is 7.22. The average molecular weight is 375 g/mol. The maximum absolute atomic E-state index is 12.5. The number of piperazine rings is 1. The number of carbonyl (C=O) groups is 1. The van der Waals surface area contributed by atoms with Crippen LogP contribution in [0.1, 0.15) is 5.56 Å². The number of fused-ring (bicyclic) bond motifs is 1. The van der Waals surface area contributed by atoms with Crippen LogP contribution in [-0.4, -0.2) is 62.3 Å². The fraction of sp³-hybridized carbons (Fsp3) is 0.444. The predicted molar refractivity (Wildman–Crippen MR) is 99.7 cm³/mol. The number of aromatic nitrogens is 1. The van der Waals surface area contributed by atoms with Crippen LogP contribution in [0.15, 0.2) is 24.2 Å². The molecule has 2 aliphatic rings. The topological polar surface area (TPSA) is 64.1 Å². The lowest BCUT2D eigenvalue weighted by Crippen LogP contribution is -2.49. The molecule has 0 spiro atoms. The van der Waals surface area contributed by atoms with E-state index in [4.69, 9.17) is 19.2 Å². The normalized spacial score (nSPS) is 17.5. The van der Waals surface area contributed by atoms with Gasteiger partial charge in [-0.3, -0.25) is 4.79 Å². The van der Waals surface area contributed by atoms with E-state index in [0.29, 0.717) is 32.1 Å². The number of amides is 1. The van der Waals surface area contributed by atoms with Crippen molar-refractivity contribution in [2.75, 3.05) is 51.4 Å². The molecule has 2 aliphatic heterocycles. The lowest BCUT2D eigenvalue weighted by atomic mass is 10.2. The van der Waals surface area contributed by atoms with E-state index in [1.54, 1.807) is 23.3 Å². The largest absolute Gasteiger partial charge is 0.494 e. The minimum Gasteiger partial charge on any atom is -0.494 e. The molecule has 1 aromatic carbocycles. The van der Waals surface area contributed by atoms with Gasteiger partial charge in [-0.25, -0.2) is 4.98 Å². The summed E-state index contributed by atoms with van der Waals surface area (Å²) in [6.07, 6.45) is 1.42. The molecule has 0 bridgehead atoms. The number of benzene rings is 1. The summed E-state index contributed by atoms with van der Waals surface area (Å²) in [4.78, 5) is 21.3. The first-order valence-corrected chi connectivity index (χ1v) is 9.42. The molecule has 138 valence electrons. The molecule has 1 aromatic heterocycles. The maximum Gasteiger partial charge on any atom is 0.292 e. The summed E-state index contributed by atoms with van der Waals surface area (Å²) in [5.74, 6) is 0.986. The maximum atomic E-state index is 12.5. The molecule has 4 rings (SSSR count). The summed E-state index contributed by atoms with van der Waals surface area (Å²) in [7, 11) is 1.67. The van der Waals surface area contributed by atoms with Gasteiger partial charge in [0.25, 0.3) is 5.91 Å². The molecule has 1 amide bonds. The Morgan fingerprint density at radius 3 is 2.73 bits per heavy atom. The third-order valence-electron chi connectivity index (χ3n) is 4.61. The molecule has 0 atom stereocenters. The van der Waals surface area contributed by atoms with Gasteiger partial charge in [-0.15, -0.1) is 0 Å². The number of hydrogen-bond donors (Lipinski definition) is 0. The SMILES string of the molecule is COc1ccc(C)c2sc(N3CCN(C(=O)C4=COCCO4)CC3)nc12. The highest BCUT2D eigenvalue weighted by Crippen LogP contribution is 2.36. The van der Waals surface area contributed by atoms with Crippen LogP contribution in [0.5, 0.6) is 5.75 Å². The molecule has 3 heterocycles. The Morgan fingerprint density at radius 1 is 1.23 bits per heavy atom. The smallest absolute Gasteiger partial charge is 0.292 e. The van der Waals surface area contributed by atoms with E-state index in [0.717, 1.165) is 34.2 Å². The van der Waals surface area contributed by atoms with E-state index in [9.17, 15) is 4.79 Å². The lowest BCUT2D eigenvalue weighted by Gasteiger charge is -2.35. The molecule has 8 heteroatoms. The number of rotatable bonds is 3. The van der Waals surface area contributed by atoms with Gasteiger partial charge in [0, 0.05) is 26.2 Å². The minimum atomic E-state index is -0.105. The van der Waals surface area contributed by atoms with Crippen LogP contribution in [0.4, 0.5) is 5.13 Å². The van der Waals surface area contributed by atoms with Gasteiger partial charge in [0.15, 0.2) is 5.13 Å². The third-order valence-corrected chi connectivity index (χ3v) is 5.86. The summed E-state index contributed by atoms with van der Waals surface area (Å²) >= 11 is 1.67. The highest BCUT2D eigenvalue weighted by Gasteiger charge is 2.27.